The van der Waals surface area contributed by atoms with E-state index in [9.17, 15) is 9.90 Å². The highest BCUT2D eigenvalue weighted by Crippen LogP contribution is 2.30. The molecule has 1 aliphatic rings. The van der Waals surface area contributed by atoms with Gasteiger partial charge in [-0.25, -0.2) is 0 Å². The second-order valence-electron chi connectivity index (χ2n) is 3.06. The molecule has 0 aromatic carbocycles. The van der Waals surface area contributed by atoms with E-state index in [1.807, 2.05) is 0 Å². The van der Waals surface area contributed by atoms with Gasteiger partial charge < -0.3 is 10.2 Å². The standard InChI is InChI=1S/C9H12O3/c1-7(11)9(6-10)4-2-3-8(12)5-9/h2-4,10,12H,5-6H2,1H3. The molecule has 0 bridgehead atoms. The van der Waals surface area contributed by atoms with Gasteiger partial charge >= 0.3 is 0 Å². The summed E-state index contributed by atoms with van der Waals surface area (Å²) in [5, 5.41) is 18.2. The van der Waals surface area contributed by atoms with Crippen LogP contribution in [0.25, 0.3) is 0 Å². The molecule has 3 heteroatoms. The molecule has 0 aromatic heterocycles. The molecule has 0 aliphatic heterocycles. The quantitative estimate of drug-likeness (QED) is 0.645. The number of allylic oxidation sites excluding steroid dienone is 3. The monoisotopic (exact) mass is 168 g/mol. The topological polar surface area (TPSA) is 57.5 Å². The molecule has 66 valence electrons. The average molecular weight is 168 g/mol. The lowest BCUT2D eigenvalue weighted by molar-refractivity contribution is -0.126. The lowest BCUT2D eigenvalue weighted by atomic mass is 9.78. The number of ketones is 1. The Morgan fingerprint density at radius 1 is 1.75 bits per heavy atom. The predicted octanol–water partition coefficient (Wildman–Crippen LogP) is 0.956. The summed E-state index contributed by atoms with van der Waals surface area (Å²) in [4.78, 5) is 11.1. The first-order valence-electron chi connectivity index (χ1n) is 3.80. The Balaban J connectivity index is 2.92. The Labute approximate surface area is 71.0 Å². The minimum atomic E-state index is -0.890. The summed E-state index contributed by atoms with van der Waals surface area (Å²) in [6, 6.07) is 0. The van der Waals surface area contributed by atoms with Crippen molar-refractivity contribution >= 4 is 5.78 Å². The van der Waals surface area contributed by atoms with Crippen LogP contribution < -0.4 is 0 Å². The Hall–Kier alpha value is -1.09. The molecule has 0 saturated heterocycles. The average Bonchev–Trinajstić information content (AvgIpc) is 2.04. The van der Waals surface area contributed by atoms with E-state index in [1.165, 1.54) is 13.0 Å². The van der Waals surface area contributed by atoms with Gasteiger partial charge in [-0.15, -0.1) is 0 Å². The summed E-state index contributed by atoms with van der Waals surface area (Å²) in [5.74, 6) is 0.0163. The van der Waals surface area contributed by atoms with Gasteiger partial charge in [-0.2, -0.15) is 0 Å². The molecule has 0 heterocycles. The molecule has 1 rings (SSSR count). The Morgan fingerprint density at radius 2 is 2.42 bits per heavy atom. The normalized spacial score (nSPS) is 28.3. The lowest BCUT2D eigenvalue weighted by Crippen LogP contribution is -2.32. The van der Waals surface area contributed by atoms with Gasteiger partial charge in [0.05, 0.1) is 17.8 Å². The second kappa shape index (κ2) is 3.11. The van der Waals surface area contributed by atoms with Crippen LogP contribution in [0.1, 0.15) is 13.3 Å². The van der Waals surface area contributed by atoms with Crippen molar-refractivity contribution in [2.75, 3.05) is 6.61 Å². The van der Waals surface area contributed by atoms with Crippen molar-refractivity contribution in [2.45, 2.75) is 13.3 Å². The van der Waals surface area contributed by atoms with Crippen molar-refractivity contribution in [3.05, 3.63) is 24.0 Å². The smallest absolute Gasteiger partial charge is 0.142 e. The van der Waals surface area contributed by atoms with Gasteiger partial charge in [0, 0.05) is 6.42 Å². The van der Waals surface area contributed by atoms with E-state index in [4.69, 9.17) is 5.11 Å². The van der Waals surface area contributed by atoms with Crippen LogP contribution in [0.15, 0.2) is 24.0 Å². The molecular weight excluding hydrogens is 156 g/mol. The first kappa shape index (κ1) is 9.00. The van der Waals surface area contributed by atoms with Crippen LogP contribution >= 0.6 is 0 Å². The summed E-state index contributed by atoms with van der Waals surface area (Å²) in [7, 11) is 0. The molecule has 0 saturated carbocycles. The number of carbonyl (C=O) groups is 1. The Kier molecular flexibility index (Phi) is 2.33. The molecule has 1 aliphatic carbocycles. The number of aliphatic hydroxyl groups excluding tert-OH is 2. The van der Waals surface area contributed by atoms with E-state index in [2.05, 4.69) is 0 Å². The number of hydrogen-bond donors (Lipinski definition) is 2. The minimum absolute atomic E-state index is 0.124. The van der Waals surface area contributed by atoms with Gasteiger partial charge in [0.15, 0.2) is 0 Å². The van der Waals surface area contributed by atoms with Crippen molar-refractivity contribution in [2.24, 2.45) is 5.41 Å². The van der Waals surface area contributed by atoms with E-state index in [0.29, 0.717) is 0 Å². The van der Waals surface area contributed by atoms with Gasteiger partial charge in [0.25, 0.3) is 0 Å². The third-order valence-electron chi connectivity index (χ3n) is 2.18. The largest absolute Gasteiger partial charge is 0.512 e. The maximum Gasteiger partial charge on any atom is 0.142 e. The molecule has 0 aromatic rings. The van der Waals surface area contributed by atoms with Crippen molar-refractivity contribution in [1.29, 1.82) is 0 Å². The van der Waals surface area contributed by atoms with Crippen LogP contribution in [-0.2, 0) is 4.79 Å². The Bertz CT molecular complexity index is 252. The molecule has 3 nitrogen and oxygen atoms in total. The second-order valence-corrected chi connectivity index (χ2v) is 3.06. The van der Waals surface area contributed by atoms with Crippen LogP contribution in [0.5, 0.6) is 0 Å². The van der Waals surface area contributed by atoms with Gasteiger partial charge in [-0.1, -0.05) is 12.2 Å². The van der Waals surface area contributed by atoms with Crippen LogP contribution in [-0.4, -0.2) is 22.6 Å². The SMILES string of the molecule is CC(=O)C1(CO)C=CC=C(O)C1. The fraction of sp³-hybridized carbons (Fsp3) is 0.444. The van der Waals surface area contributed by atoms with Crippen LogP contribution in [0, 0.1) is 5.41 Å². The molecule has 0 radical (unpaired) electrons. The van der Waals surface area contributed by atoms with Gasteiger partial charge in [0.2, 0.25) is 0 Å². The maximum atomic E-state index is 11.1. The summed E-state index contributed by atoms with van der Waals surface area (Å²) < 4.78 is 0. The van der Waals surface area contributed by atoms with Crippen molar-refractivity contribution in [1.82, 2.24) is 0 Å². The fourth-order valence-corrected chi connectivity index (χ4v) is 1.25. The molecule has 0 spiro atoms. The molecule has 12 heavy (non-hydrogen) atoms. The maximum absolute atomic E-state index is 11.1. The van der Waals surface area contributed by atoms with Crippen LogP contribution in [0.2, 0.25) is 0 Å². The Morgan fingerprint density at radius 3 is 2.75 bits per heavy atom. The van der Waals surface area contributed by atoms with E-state index in [-0.39, 0.29) is 24.6 Å². The highest BCUT2D eigenvalue weighted by atomic mass is 16.3. The van der Waals surface area contributed by atoms with Crippen LogP contribution in [0.3, 0.4) is 0 Å². The van der Waals surface area contributed by atoms with Gasteiger partial charge in [0.1, 0.15) is 5.78 Å². The number of hydrogen-bond acceptors (Lipinski definition) is 3. The van der Waals surface area contributed by atoms with E-state index >= 15 is 0 Å². The number of rotatable bonds is 2. The summed E-state index contributed by atoms with van der Waals surface area (Å²) in [5.41, 5.74) is -0.890. The first-order valence-corrected chi connectivity index (χ1v) is 3.80. The van der Waals surface area contributed by atoms with E-state index in [1.54, 1.807) is 12.2 Å². The summed E-state index contributed by atoms with van der Waals surface area (Å²) in [6.45, 7) is 1.16. The number of aliphatic hydroxyl groups is 2. The molecule has 2 N–H and O–H groups in total. The third-order valence-corrected chi connectivity index (χ3v) is 2.18. The molecule has 0 amide bonds. The minimum Gasteiger partial charge on any atom is -0.512 e. The summed E-state index contributed by atoms with van der Waals surface area (Å²) >= 11 is 0. The molecule has 0 fully saturated rings. The predicted molar refractivity (Wildman–Crippen MR) is 44.7 cm³/mol. The number of carbonyl (C=O) groups excluding carboxylic acids is 1. The number of Topliss-reactive ketones (excluding diaryl/α,β-unsaturated/α-hetero) is 1. The van der Waals surface area contributed by atoms with Gasteiger partial charge in [-0.3, -0.25) is 4.79 Å². The highest BCUT2D eigenvalue weighted by Gasteiger charge is 2.34. The molecule has 1 unspecified atom stereocenters. The fourth-order valence-electron chi connectivity index (χ4n) is 1.25. The van der Waals surface area contributed by atoms with E-state index in [0.717, 1.165) is 0 Å². The third kappa shape index (κ3) is 1.41. The van der Waals surface area contributed by atoms with Crippen LogP contribution in [0.4, 0.5) is 0 Å². The molecular formula is C9H12O3. The first-order chi connectivity index (χ1) is 5.60. The van der Waals surface area contributed by atoms with Gasteiger partial charge in [-0.05, 0) is 13.0 Å². The summed E-state index contributed by atoms with van der Waals surface area (Å²) in [6.07, 6.45) is 4.96. The van der Waals surface area contributed by atoms with E-state index < -0.39 is 5.41 Å². The highest BCUT2D eigenvalue weighted by molar-refractivity contribution is 5.85. The van der Waals surface area contributed by atoms with Crippen molar-refractivity contribution < 1.29 is 15.0 Å². The molecule has 1 atom stereocenters. The lowest BCUT2D eigenvalue weighted by Gasteiger charge is -2.26. The van der Waals surface area contributed by atoms with Crippen molar-refractivity contribution in [3.63, 3.8) is 0 Å². The zero-order valence-corrected chi connectivity index (χ0v) is 6.95. The zero-order valence-electron chi connectivity index (χ0n) is 6.95. The zero-order chi connectivity index (χ0) is 9.19. The van der Waals surface area contributed by atoms with Crippen molar-refractivity contribution in [3.8, 4) is 0 Å².